The van der Waals surface area contributed by atoms with Crippen molar-refractivity contribution >= 4 is 55.6 Å². The van der Waals surface area contributed by atoms with Crippen molar-refractivity contribution in [1.82, 2.24) is 4.98 Å². The van der Waals surface area contributed by atoms with Gasteiger partial charge in [-0.3, -0.25) is 14.9 Å². The maximum absolute atomic E-state index is 12.2. The number of hydrogen-bond acceptors (Lipinski definition) is 6. The van der Waals surface area contributed by atoms with E-state index < -0.39 is 4.92 Å². The van der Waals surface area contributed by atoms with Gasteiger partial charge in [-0.2, -0.15) is 0 Å². The van der Waals surface area contributed by atoms with Gasteiger partial charge >= 0.3 is 0 Å². The van der Waals surface area contributed by atoms with Crippen LogP contribution in [0.25, 0.3) is 11.3 Å². The number of carbonyl (C=O) groups is 1. The van der Waals surface area contributed by atoms with Gasteiger partial charge in [0.25, 0.3) is 5.69 Å². The number of nitrogens with zero attached hydrogens (tertiary/aromatic N) is 2. The van der Waals surface area contributed by atoms with Crippen molar-refractivity contribution in [2.75, 3.05) is 11.9 Å². The van der Waals surface area contributed by atoms with E-state index >= 15 is 0 Å². The summed E-state index contributed by atoms with van der Waals surface area (Å²) in [5.41, 5.74) is 3.04. The summed E-state index contributed by atoms with van der Waals surface area (Å²) in [7, 11) is 0. The zero-order chi connectivity index (χ0) is 22.5. The summed E-state index contributed by atoms with van der Waals surface area (Å²) in [4.78, 5) is 27.0. The number of carbonyl (C=O) groups excluding carboxylic acids is 1. The standard InChI is InChI=1S/C21H19BrClN3O4S/c1-12-9-17(19(22)13(2)20(12)23)30-8-4-7-18(27)25-21-24-16(11-31-21)14-5-3-6-15(10-14)26(28)29/h3,5-6,9-11H,4,7-8H2,1-2H3,(H,24,25,27). The Morgan fingerprint density at radius 3 is 2.87 bits per heavy atom. The van der Waals surface area contributed by atoms with Crippen LogP contribution in [0, 0.1) is 24.0 Å². The molecule has 31 heavy (non-hydrogen) atoms. The van der Waals surface area contributed by atoms with E-state index in [0.29, 0.717) is 40.2 Å². The second kappa shape index (κ2) is 10.2. The van der Waals surface area contributed by atoms with E-state index in [9.17, 15) is 14.9 Å². The van der Waals surface area contributed by atoms with Crippen LogP contribution in [0.15, 0.2) is 40.2 Å². The topological polar surface area (TPSA) is 94.4 Å². The first-order valence-corrected chi connectivity index (χ1v) is 11.4. The van der Waals surface area contributed by atoms with Crippen molar-refractivity contribution < 1.29 is 14.5 Å². The molecule has 0 saturated heterocycles. The smallest absolute Gasteiger partial charge is 0.270 e. The normalized spacial score (nSPS) is 10.7. The van der Waals surface area contributed by atoms with Gasteiger partial charge < -0.3 is 10.1 Å². The number of anilines is 1. The van der Waals surface area contributed by atoms with Gasteiger partial charge in [0.05, 0.1) is 21.7 Å². The number of nitrogens with one attached hydrogen (secondary N) is 1. The molecule has 1 aromatic heterocycles. The molecule has 2 aromatic carbocycles. The number of non-ortho nitro benzene ring substituents is 1. The van der Waals surface area contributed by atoms with Crippen LogP contribution in [0.5, 0.6) is 5.75 Å². The number of amides is 1. The van der Waals surface area contributed by atoms with Gasteiger partial charge in [0.2, 0.25) is 5.91 Å². The molecule has 7 nitrogen and oxygen atoms in total. The maximum Gasteiger partial charge on any atom is 0.270 e. The van der Waals surface area contributed by atoms with Crippen molar-refractivity contribution in [2.24, 2.45) is 0 Å². The van der Waals surface area contributed by atoms with E-state index in [1.165, 1.54) is 23.5 Å². The van der Waals surface area contributed by atoms with Crippen molar-refractivity contribution in [3.05, 3.63) is 66.4 Å². The lowest BCUT2D eigenvalue weighted by molar-refractivity contribution is -0.384. The average molecular weight is 525 g/mol. The molecule has 1 amide bonds. The number of rotatable bonds is 8. The SMILES string of the molecule is Cc1cc(OCCCC(=O)Nc2nc(-c3cccc([N+](=O)[O-])c3)cs2)c(Br)c(C)c1Cl. The molecule has 0 atom stereocenters. The van der Waals surface area contributed by atoms with Crippen molar-refractivity contribution in [1.29, 1.82) is 0 Å². The van der Waals surface area contributed by atoms with Gasteiger partial charge in [-0.15, -0.1) is 11.3 Å². The Morgan fingerprint density at radius 2 is 2.13 bits per heavy atom. The van der Waals surface area contributed by atoms with E-state index in [2.05, 4.69) is 26.2 Å². The zero-order valence-corrected chi connectivity index (χ0v) is 19.9. The summed E-state index contributed by atoms with van der Waals surface area (Å²) in [6.45, 7) is 4.21. The number of hydrogen-bond donors (Lipinski definition) is 1. The van der Waals surface area contributed by atoms with Crippen molar-refractivity contribution in [2.45, 2.75) is 26.7 Å². The van der Waals surface area contributed by atoms with E-state index in [1.54, 1.807) is 17.5 Å². The fourth-order valence-corrected chi connectivity index (χ4v) is 4.27. The molecule has 1 N–H and O–H groups in total. The van der Waals surface area contributed by atoms with Crippen LogP contribution in [0.4, 0.5) is 10.8 Å². The van der Waals surface area contributed by atoms with Crippen LogP contribution in [-0.4, -0.2) is 22.4 Å². The lowest BCUT2D eigenvalue weighted by Gasteiger charge is -2.13. The van der Waals surface area contributed by atoms with Gasteiger partial charge in [0.15, 0.2) is 5.13 Å². The van der Waals surface area contributed by atoms with Crippen LogP contribution >= 0.6 is 38.9 Å². The Balaban J connectivity index is 1.51. The maximum atomic E-state index is 12.2. The monoisotopic (exact) mass is 523 g/mol. The first kappa shape index (κ1) is 23.2. The number of aromatic nitrogens is 1. The Labute approximate surface area is 196 Å². The summed E-state index contributed by atoms with van der Waals surface area (Å²) in [6.07, 6.45) is 0.803. The minimum Gasteiger partial charge on any atom is -0.492 e. The van der Waals surface area contributed by atoms with Crippen LogP contribution in [-0.2, 0) is 4.79 Å². The van der Waals surface area contributed by atoms with Crippen molar-refractivity contribution in [3.8, 4) is 17.0 Å². The summed E-state index contributed by atoms with van der Waals surface area (Å²) in [5, 5.41) is 16.6. The average Bonchev–Trinajstić information content (AvgIpc) is 3.21. The molecule has 0 aliphatic rings. The predicted octanol–water partition coefficient (Wildman–Crippen LogP) is 6.55. The summed E-state index contributed by atoms with van der Waals surface area (Å²) in [6, 6.07) is 8.09. The van der Waals surface area contributed by atoms with Gasteiger partial charge in [0.1, 0.15) is 5.75 Å². The quantitative estimate of drug-likeness (QED) is 0.205. The number of thiazole rings is 1. The van der Waals surface area contributed by atoms with Gasteiger partial charge in [-0.05, 0) is 53.4 Å². The highest BCUT2D eigenvalue weighted by Gasteiger charge is 2.13. The second-order valence-electron chi connectivity index (χ2n) is 6.79. The Morgan fingerprint density at radius 1 is 1.35 bits per heavy atom. The van der Waals surface area contributed by atoms with Gasteiger partial charge in [0, 0.05) is 34.5 Å². The van der Waals surface area contributed by atoms with E-state index in [0.717, 1.165) is 15.6 Å². The molecule has 0 bridgehead atoms. The number of ether oxygens (including phenoxy) is 1. The number of nitro benzene ring substituents is 1. The first-order valence-electron chi connectivity index (χ1n) is 9.34. The molecule has 0 saturated carbocycles. The zero-order valence-electron chi connectivity index (χ0n) is 16.8. The number of aryl methyl sites for hydroxylation is 1. The third-order valence-corrected chi connectivity index (χ3v) is 6.80. The molecule has 0 fully saturated rings. The molecule has 10 heteroatoms. The molecule has 0 unspecified atom stereocenters. The third kappa shape index (κ3) is 5.81. The highest BCUT2D eigenvalue weighted by Crippen LogP contribution is 2.35. The number of benzene rings is 2. The third-order valence-electron chi connectivity index (χ3n) is 4.48. The van der Waals surface area contributed by atoms with Crippen LogP contribution in [0.2, 0.25) is 5.02 Å². The molecule has 162 valence electrons. The predicted molar refractivity (Wildman–Crippen MR) is 126 cm³/mol. The molecule has 0 spiro atoms. The molecule has 3 rings (SSSR count). The van der Waals surface area contributed by atoms with Crippen molar-refractivity contribution in [3.63, 3.8) is 0 Å². The fraction of sp³-hybridized carbons (Fsp3) is 0.238. The molecule has 0 aliphatic carbocycles. The summed E-state index contributed by atoms with van der Waals surface area (Å²) >= 11 is 11.0. The second-order valence-corrected chi connectivity index (χ2v) is 8.82. The van der Waals surface area contributed by atoms with Gasteiger partial charge in [-0.1, -0.05) is 23.7 Å². The molecule has 1 heterocycles. The van der Waals surface area contributed by atoms with Crippen LogP contribution in [0.1, 0.15) is 24.0 Å². The minimum absolute atomic E-state index is 0.00574. The van der Waals surface area contributed by atoms with Crippen LogP contribution in [0.3, 0.4) is 0 Å². The van der Waals surface area contributed by atoms with E-state index in [4.69, 9.17) is 16.3 Å². The highest BCUT2D eigenvalue weighted by atomic mass is 79.9. The number of nitro groups is 1. The lowest BCUT2D eigenvalue weighted by Crippen LogP contribution is -2.12. The Bertz CT molecular complexity index is 1140. The Hall–Kier alpha value is -2.49. The first-order chi connectivity index (χ1) is 14.8. The molecular weight excluding hydrogens is 506 g/mol. The molecule has 0 aliphatic heterocycles. The summed E-state index contributed by atoms with van der Waals surface area (Å²) < 4.78 is 6.60. The van der Waals surface area contributed by atoms with Gasteiger partial charge in [-0.25, -0.2) is 4.98 Å². The summed E-state index contributed by atoms with van der Waals surface area (Å²) in [5.74, 6) is 0.521. The highest BCUT2D eigenvalue weighted by molar-refractivity contribution is 9.10. The molecular formula is C21H19BrClN3O4S. The van der Waals surface area contributed by atoms with E-state index in [-0.39, 0.29) is 18.0 Å². The molecule has 0 radical (unpaired) electrons. The van der Waals surface area contributed by atoms with Crippen LogP contribution < -0.4 is 10.1 Å². The largest absolute Gasteiger partial charge is 0.492 e. The fourth-order valence-electron chi connectivity index (χ4n) is 2.84. The molecule has 3 aromatic rings. The van der Waals surface area contributed by atoms with E-state index in [1.807, 2.05) is 19.9 Å². The number of halogens is 2. The lowest BCUT2D eigenvalue weighted by atomic mass is 10.1. The Kier molecular flexibility index (Phi) is 7.64. The minimum atomic E-state index is -0.453.